The highest BCUT2D eigenvalue weighted by atomic mass is 35.5. The summed E-state index contributed by atoms with van der Waals surface area (Å²) in [5.41, 5.74) is 2.45. The minimum atomic E-state index is -3.53. The minimum Gasteiger partial charge on any atom is -0.489 e. The first-order chi connectivity index (χ1) is 21.0. The highest BCUT2D eigenvalue weighted by Crippen LogP contribution is 2.37. The fraction of sp³-hybridized carbons (Fsp3) is 0.515. The van der Waals surface area contributed by atoms with Crippen LogP contribution in [0.1, 0.15) is 64.9 Å². The molecular weight excluding hydrogens is 596 g/mol. The first-order valence-electron chi connectivity index (χ1n) is 15.6. The predicted molar refractivity (Wildman–Crippen MR) is 179 cm³/mol. The monoisotopic (exact) mass is 640 g/mol. The van der Waals surface area contributed by atoms with Crippen molar-refractivity contribution in [2.24, 2.45) is 0 Å². The number of aromatic nitrogens is 2. The van der Waals surface area contributed by atoms with E-state index in [1.807, 2.05) is 19.9 Å². The summed E-state index contributed by atoms with van der Waals surface area (Å²) in [4.78, 5) is 14.3. The van der Waals surface area contributed by atoms with Crippen LogP contribution in [0.15, 0.2) is 53.6 Å². The third-order valence-electron chi connectivity index (χ3n) is 8.63. The smallest absolute Gasteiger partial charge is 0.229 e. The lowest BCUT2D eigenvalue weighted by Gasteiger charge is -2.41. The van der Waals surface area contributed by atoms with E-state index in [1.54, 1.807) is 38.1 Å². The van der Waals surface area contributed by atoms with E-state index >= 15 is 0 Å². The maximum absolute atomic E-state index is 13.0. The van der Waals surface area contributed by atoms with Crippen LogP contribution in [0.5, 0.6) is 5.75 Å². The van der Waals surface area contributed by atoms with Crippen LogP contribution < -0.4 is 15.4 Å². The number of hydrogen-bond donors (Lipinski definition) is 2. The van der Waals surface area contributed by atoms with Crippen molar-refractivity contribution in [2.45, 2.75) is 81.6 Å². The highest BCUT2D eigenvalue weighted by Gasteiger charge is 2.28. The van der Waals surface area contributed by atoms with Gasteiger partial charge in [0, 0.05) is 6.04 Å². The molecule has 0 bridgehead atoms. The second-order valence-corrected chi connectivity index (χ2v) is 15.4. The summed E-state index contributed by atoms with van der Waals surface area (Å²) < 4.78 is 32.2. The van der Waals surface area contributed by atoms with Gasteiger partial charge in [-0.1, -0.05) is 29.8 Å². The zero-order valence-electron chi connectivity index (χ0n) is 26.4. The van der Waals surface area contributed by atoms with Crippen molar-refractivity contribution in [3.63, 3.8) is 0 Å². The van der Waals surface area contributed by atoms with Gasteiger partial charge in [-0.3, -0.25) is 0 Å². The zero-order valence-corrected chi connectivity index (χ0v) is 28.0. The molecule has 0 atom stereocenters. The van der Waals surface area contributed by atoms with Gasteiger partial charge in [0.1, 0.15) is 10.8 Å². The molecule has 0 unspecified atom stereocenters. The Morgan fingerprint density at radius 2 is 1.64 bits per heavy atom. The number of nitrogens with zero attached hydrogens (tertiary/aromatic N) is 4. The lowest BCUT2D eigenvalue weighted by molar-refractivity contribution is 0.0966. The van der Waals surface area contributed by atoms with Crippen molar-refractivity contribution in [2.75, 3.05) is 43.9 Å². The third kappa shape index (κ3) is 7.65. The maximum atomic E-state index is 13.0. The summed E-state index contributed by atoms with van der Waals surface area (Å²) in [6.07, 6.45) is 6.30. The van der Waals surface area contributed by atoms with Crippen molar-refractivity contribution >= 4 is 44.6 Å². The molecule has 2 aliphatic rings. The molecule has 0 amide bonds. The summed E-state index contributed by atoms with van der Waals surface area (Å²) in [5, 5.41) is 6.12. The van der Waals surface area contributed by atoms with Crippen LogP contribution in [-0.4, -0.2) is 78.8 Å². The topological polar surface area (TPSA) is 99.7 Å². The van der Waals surface area contributed by atoms with Gasteiger partial charge in [0.05, 0.1) is 33.8 Å². The van der Waals surface area contributed by atoms with E-state index in [1.165, 1.54) is 37.7 Å². The van der Waals surface area contributed by atoms with Crippen LogP contribution in [0.3, 0.4) is 0 Å². The van der Waals surface area contributed by atoms with Gasteiger partial charge >= 0.3 is 0 Å². The largest absolute Gasteiger partial charge is 0.489 e. The highest BCUT2D eigenvalue weighted by molar-refractivity contribution is 7.92. The van der Waals surface area contributed by atoms with E-state index in [0.717, 1.165) is 37.4 Å². The van der Waals surface area contributed by atoms with Gasteiger partial charge in [-0.15, -0.1) is 0 Å². The van der Waals surface area contributed by atoms with Crippen molar-refractivity contribution < 1.29 is 13.2 Å². The second-order valence-electron chi connectivity index (χ2n) is 12.5. The Balaban J connectivity index is 1.32. The molecule has 5 rings (SSSR count). The number of likely N-dealkylation sites (tertiary alicyclic amines) is 2. The van der Waals surface area contributed by atoms with Crippen LogP contribution in [-0.2, 0) is 9.84 Å². The molecule has 0 saturated carbocycles. The predicted octanol–water partition coefficient (Wildman–Crippen LogP) is 6.86. The van der Waals surface area contributed by atoms with E-state index in [-0.39, 0.29) is 16.0 Å². The molecule has 2 aliphatic heterocycles. The summed E-state index contributed by atoms with van der Waals surface area (Å²) >= 11 is 6.46. The fourth-order valence-corrected chi connectivity index (χ4v) is 7.38. The SMILES string of the molecule is CC(C)Oc1cc(C2CCN(C3CCN(C)CC3)CC2)ccc1Nc1ncc(Cl)c(Nc2ccccc2S(=O)(=O)C(C)C)n1. The van der Waals surface area contributed by atoms with E-state index < -0.39 is 15.1 Å². The number of piperidine rings is 2. The molecule has 3 aromatic rings. The number of anilines is 4. The molecule has 3 heterocycles. The van der Waals surface area contributed by atoms with Crippen molar-refractivity contribution in [1.82, 2.24) is 19.8 Å². The Kier molecular flexibility index (Phi) is 10.3. The molecule has 2 saturated heterocycles. The number of nitrogens with one attached hydrogen (secondary N) is 2. The van der Waals surface area contributed by atoms with Gasteiger partial charge in [-0.05, 0) is 122 Å². The van der Waals surface area contributed by atoms with E-state index in [9.17, 15) is 8.42 Å². The van der Waals surface area contributed by atoms with Crippen LogP contribution in [0.25, 0.3) is 0 Å². The van der Waals surface area contributed by atoms with Gasteiger partial charge in [0.15, 0.2) is 15.7 Å². The molecule has 11 heteroatoms. The van der Waals surface area contributed by atoms with Crippen molar-refractivity contribution in [3.8, 4) is 5.75 Å². The first kappa shape index (κ1) is 32.5. The van der Waals surface area contributed by atoms with Gasteiger partial charge in [-0.25, -0.2) is 13.4 Å². The molecule has 0 aliphatic carbocycles. The van der Waals surface area contributed by atoms with Gasteiger partial charge in [0.2, 0.25) is 5.95 Å². The lowest BCUT2D eigenvalue weighted by atomic mass is 9.87. The molecule has 1 aromatic heterocycles. The molecule has 2 fully saturated rings. The zero-order chi connectivity index (χ0) is 31.4. The summed E-state index contributed by atoms with van der Waals surface area (Å²) in [5.74, 6) is 1.85. The summed E-state index contributed by atoms with van der Waals surface area (Å²) in [6.45, 7) is 12.0. The lowest BCUT2D eigenvalue weighted by Crippen LogP contribution is -2.46. The Morgan fingerprint density at radius 3 is 2.32 bits per heavy atom. The number of para-hydroxylation sites is 1. The minimum absolute atomic E-state index is 0.0140. The average molecular weight is 641 g/mol. The Hall–Kier alpha value is -2.92. The van der Waals surface area contributed by atoms with E-state index in [4.69, 9.17) is 16.3 Å². The number of rotatable bonds is 10. The Morgan fingerprint density at radius 1 is 0.932 bits per heavy atom. The molecule has 2 aromatic carbocycles. The molecule has 9 nitrogen and oxygen atoms in total. The average Bonchev–Trinajstić information content (AvgIpc) is 3.00. The Bertz CT molecular complexity index is 1530. The Labute approximate surface area is 267 Å². The second kappa shape index (κ2) is 14.0. The maximum Gasteiger partial charge on any atom is 0.229 e. The molecule has 0 spiro atoms. The van der Waals surface area contributed by atoms with Crippen molar-refractivity contribution in [1.29, 1.82) is 0 Å². The van der Waals surface area contributed by atoms with Crippen LogP contribution in [0.4, 0.5) is 23.1 Å². The molecule has 0 radical (unpaired) electrons. The van der Waals surface area contributed by atoms with Gasteiger partial charge in [-0.2, -0.15) is 4.98 Å². The van der Waals surface area contributed by atoms with E-state index in [2.05, 4.69) is 49.6 Å². The molecule has 238 valence electrons. The quantitative estimate of drug-likeness (QED) is 0.246. The van der Waals surface area contributed by atoms with Crippen LogP contribution in [0, 0.1) is 0 Å². The van der Waals surface area contributed by atoms with Gasteiger partial charge in [0.25, 0.3) is 0 Å². The van der Waals surface area contributed by atoms with E-state index in [0.29, 0.717) is 29.4 Å². The van der Waals surface area contributed by atoms with Crippen molar-refractivity contribution in [3.05, 3.63) is 59.2 Å². The summed E-state index contributed by atoms with van der Waals surface area (Å²) in [6, 6.07) is 13.8. The first-order valence-corrected chi connectivity index (χ1v) is 17.6. The van der Waals surface area contributed by atoms with Crippen LogP contribution in [0.2, 0.25) is 5.02 Å². The normalized spacial score (nSPS) is 17.7. The molecular formula is C33H45ClN6O3S. The third-order valence-corrected chi connectivity index (χ3v) is 11.1. The number of sulfone groups is 1. The number of halogens is 1. The number of benzene rings is 2. The summed E-state index contributed by atoms with van der Waals surface area (Å²) in [7, 11) is -1.31. The number of ether oxygens (including phenoxy) is 1. The van der Waals surface area contributed by atoms with Crippen LogP contribution >= 0.6 is 11.6 Å². The number of hydrogen-bond acceptors (Lipinski definition) is 9. The fourth-order valence-electron chi connectivity index (χ4n) is 6.04. The molecule has 2 N–H and O–H groups in total. The molecule has 44 heavy (non-hydrogen) atoms. The standard InChI is InChI=1S/C33H45ClN6O3S/c1-22(2)43-30-20-25(24-12-18-40(19-13-24)26-14-16-39(5)17-15-26)10-11-28(30)37-33-35-21-27(34)32(38-33)36-29-8-6-7-9-31(29)44(41,42)23(3)4/h6-11,20-24,26H,12-19H2,1-5H3,(H2,35,36,37,38). The van der Waals surface area contributed by atoms with Gasteiger partial charge < -0.3 is 25.2 Å².